The summed E-state index contributed by atoms with van der Waals surface area (Å²) >= 11 is 3.24. The van der Waals surface area contributed by atoms with Crippen molar-refractivity contribution in [3.8, 4) is 0 Å². The van der Waals surface area contributed by atoms with Crippen LogP contribution in [0, 0.1) is 11.7 Å². The molecule has 18 heavy (non-hydrogen) atoms. The van der Waals surface area contributed by atoms with Crippen LogP contribution in [0.5, 0.6) is 0 Å². The smallest absolute Gasteiger partial charge is 0.252 e. The van der Waals surface area contributed by atoms with E-state index in [9.17, 15) is 9.18 Å². The highest BCUT2D eigenvalue weighted by atomic mass is 79.9. The molecule has 1 atom stereocenters. The summed E-state index contributed by atoms with van der Waals surface area (Å²) in [6.45, 7) is 4.41. The second kappa shape index (κ2) is 6.85. The Bertz CT molecular complexity index is 423. The van der Waals surface area contributed by atoms with E-state index >= 15 is 0 Å². The summed E-state index contributed by atoms with van der Waals surface area (Å²) < 4.78 is 18.8. The van der Waals surface area contributed by atoms with E-state index in [2.05, 4.69) is 21.2 Å². The minimum Gasteiger partial charge on any atom is -0.383 e. The third-order valence-corrected chi connectivity index (χ3v) is 3.33. The van der Waals surface area contributed by atoms with Crippen LogP contribution in [0.2, 0.25) is 0 Å². The van der Waals surface area contributed by atoms with Crippen LogP contribution in [0.3, 0.4) is 0 Å². The average Bonchev–Trinajstić information content (AvgIpc) is 2.31. The third kappa shape index (κ3) is 4.07. The van der Waals surface area contributed by atoms with E-state index in [0.29, 0.717) is 11.1 Å². The number of hydrogen-bond donors (Lipinski definition) is 1. The Labute approximate surface area is 115 Å². The van der Waals surface area contributed by atoms with Gasteiger partial charge in [-0.15, -0.1) is 0 Å². The minimum absolute atomic E-state index is 0.0994. The Morgan fingerprint density at radius 3 is 2.72 bits per heavy atom. The SMILES string of the molecule is COCC(NC(=O)c1cc(F)ccc1Br)C(C)C. The molecular weight excluding hydrogens is 301 g/mol. The molecule has 1 unspecified atom stereocenters. The lowest BCUT2D eigenvalue weighted by molar-refractivity contribution is 0.0865. The lowest BCUT2D eigenvalue weighted by Gasteiger charge is -2.21. The van der Waals surface area contributed by atoms with Gasteiger partial charge in [-0.05, 0) is 40.0 Å². The largest absolute Gasteiger partial charge is 0.383 e. The molecular formula is C13H17BrFNO2. The number of nitrogens with one attached hydrogen (secondary N) is 1. The van der Waals surface area contributed by atoms with Gasteiger partial charge in [0.05, 0.1) is 18.2 Å². The van der Waals surface area contributed by atoms with Crippen LogP contribution in [-0.4, -0.2) is 25.7 Å². The summed E-state index contributed by atoms with van der Waals surface area (Å²) in [6.07, 6.45) is 0. The summed E-state index contributed by atoms with van der Waals surface area (Å²) in [5, 5.41) is 2.84. The molecule has 0 bridgehead atoms. The monoisotopic (exact) mass is 317 g/mol. The first-order chi connectivity index (χ1) is 8.45. The highest BCUT2D eigenvalue weighted by molar-refractivity contribution is 9.10. The number of benzene rings is 1. The third-order valence-electron chi connectivity index (χ3n) is 2.64. The summed E-state index contributed by atoms with van der Waals surface area (Å²) in [5.41, 5.74) is 0.289. The summed E-state index contributed by atoms with van der Waals surface area (Å²) in [7, 11) is 1.58. The Kier molecular flexibility index (Phi) is 5.75. The molecule has 100 valence electrons. The zero-order valence-corrected chi connectivity index (χ0v) is 12.3. The first-order valence-electron chi connectivity index (χ1n) is 5.70. The zero-order chi connectivity index (χ0) is 13.7. The van der Waals surface area contributed by atoms with Gasteiger partial charge >= 0.3 is 0 Å². The molecule has 0 aliphatic carbocycles. The number of carbonyl (C=O) groups excluding carboxylic acids is 1. The van der Waals surface area contributed by atoms with Crippen molar-refractivity contribution in [1.82, 2.24) is 5.32 Å². The molecule has 0 radical (unpaired) electrons. The Hall–Kier alpha value is -0.940. The number of hydrogen-bond acceptors (Lipinski definition) is 2. The fourth-order valence-electron chi connectivity index (χ4n) is 1.50. The summed E-state index contributed by atoms with van der Waals surface area (Å²) in [5.74, 6) is -0.505. The fourth-order valence-corrected chi connectivity index (χ4v) is 1.92. The molecule has 0 saturated heterocycles. The predicted molar refractivity (Wildman–Crippen MR) is 72.1 cm³/mol. The van der Waals surface area contributed by atoms with Crippen molar-refractivity contribution in [3.05, 3.63) is 34.1 Å². The molecule has 0 aliphatic heterocycles. The second-order valence-electron chi connectivity index (χ2n) is 4.40. The number of methoxy groups -OCH3 is 1. The Morgan fingerprint density at radius 1 is 1.50 bits per heavy atom. The fraction of sp³-hybridized carbons (Fsp3) is 0.462. The van der Waals surface area contributed by atoms with Crippen molar-refractivity contribution in [1.29, 1.82) is 0 Å². The van der Waals surface area contributed by atoms with E-state index in [1.165, 1.54) is 18.2 Å². The topological polar surface area (TPSA) is 38.3 Å². The van der Waals surface area contributed by atoms with Gasteiger partial charge in [-0.3, -0.25) is 4.79 Å². The van der Waals surface area contributed by atoms with E-state index in [1.54, 1.807) is 7.11 Å². The van der Waals surface area contributed by atoms with Gasteiger partial charge in [0.25, 0.3) is 5.91 Å². The van der Waals surface area contributed by atoms with Crippen LogP contribution >= 0.6 is 15.9 Å². The molecule has 1 rings (SSSR count). The van der Waals surface area contributed by atoms with Gasteiger partial charge in [-0.25, -0.2) is 4.39 Å². The quantitative estimate of drug-likeness (QED) is 0.906. The molecule has 5 heteroatoms. The highest BCUT2D eigenvalue weighted by Gasteiger charge is 2.18. The number of amides is 1. The summed E-state index contributed by atoms with van der Waals surface area (Å²) in [4.78, 5) is 12.0. The molecule has 0 spiro atoms. The maximum absolute atomic E-state index is 13.1. The van der Waals surface area contributed by atoms with E-state index in [0.717, 1.165) is 0 Å². The molecule has 0 aliphatic rings. The van der Waals surface area contributed by atoms with Gasteiger partial charge in [0.2, 0.25) is 0 Å². The minimum atomic E-state index is -0.434. The molecule has 3 nitrogen and oxygen atoms in total. The van der Waals surface area contributed by atoms with Crippen molar-refractivity contribution in [2.24, 2.45) is 5.92 Å². The van der Waals surface area contributed by atoms with Gasteiger partial charge < -0.3 is 10.1 Å². The lowest BCUT2D eigenvalue weighted by atomic mass is 10.0. The van der Waals surface area contributed by atoms with Gasteiger partial charge in [0.1, 0.15) is 5.82 Å². The van der Waals surface area contributed by atoms with E-state index in [-0.39, 0.29) is 23.4 Å². The van der Waals surface area contributed by atoms with Gasteiger partial charge in [-0.2, -0.15) is 0 Å². The van der Waals surface area contributed by atoms with E-state index in [1.807, 2.05) is 13.8 Å². The van der Waals surface area contributed by atoms with E-state index < -0.39 is 5.82 Å². The molecule has 1 aromatic rings. The van der Waals surface area contributed by atoms with Crippen LogP contribution < -0.4 is 5.32 Å². The van der Waals surface area contributed by atoms with Gasteiger partial charge in [0.15, 0.2) is 0 Å². The number of ether oxygens (including phenoxy) is 1. The number of halogens is 2. The standard InChI is InChI=1S/C13H17BrFNO2/c1-8(2)12(7-18-3)16-13(17)10-6-9(15)4-5-11(10)14/h4-6,8,12H,7H2,1-3H3,(H,16,17). The Balaban J connectivity index is 2.83. The van der Waals surface area contributed by atoms with Crippen molar-refractivity contribution < 1.29 is 13.9 Å². The van der Waals surface area contributed by atoms with Crippen molar-refractivity contribution in [3.63, 3.8) is 0 Å². The Morgan fingerprint density at radius 2 is 2.17 bits per heavy atom. The van der Waals surface area contributed by atoms with E-state index in [4.69, 9.17) is 4.74 Å². The van der Waals surface area contributed by atoms with Crippen molar-refractivity contribution in [2.75, 3.05) is 13.7 Å². The molecule has 1 aromatic carbocycles. The predicted octanol–water partition coefficient (Wildman–Crippen LogP) is 2.99. The molecule has 1 N–H and O–H groups in total. The van der Waals surface area contributed by atoms with Crippen LogP contribution in [0.1, 0.15) is 24.2 Å². The van der Waals surface area contributed by atoms with Crippen LogP contribution in [0.25, 0.3) is 0 Å². The molecule has 0 fully saturated rings. The molecule has 0 heterocycles. The molecule has 1 amide bonds. The maximum atomic E-state index is 13.1. The first kappa shape index (κ1) is 15.1. The van der Waals surface area contributed by atoms with Crippen LogP contribution in [0.4, 0.5) is 4.39 Å². The molecule has 0 aromatic heterocycles. The summed E-state index contributed by atoms with van der Waals surface area (Å²) in [6, 6.07) is 3.93. The van der Waals surface area contributed by atoms with Crippen molar-refractivity contribution in [2.45, 2.75) is 19.9 Å². The number of carbonyl (C=O) groups is 1. The molecule has 0 saturated carbocycles. The second-order valence-corrected chi connectivity index (χ2v) is 5.26. The van der Waals surface area contributed by atoms with Gasteiger partial charge in [0, 0.05) is 11.6 Å². The van der Waals surface area contributed by atoms with Crippen LogP contribution in [-0.2, 0) is 4.74 Å². The normalized spacial score (nSPS) is 12.6. The maximum Gasteiger partial charge on any atom is 0.252 e. The average molecular weight is 318 g/mol. The van der Waals surface area contributed by atoms with Crippen molar-refractivity contribution >= 4 is 21.8 Å². The van der Waals surface area contributed by atoms with Crippen LogP contribution in [0.15, 0.2) is 22.7 Å². The highest BCUT2D eigenvalue weighted by Crippen LogP contribution is 2.18. The number of rotatable bonds is 5. The zero-order valence-electron chi connectivity index (χ0n) is 10.7. The first-order valence-corrected chi connectivity index (χ1v) is 6.50. The lowest BCUT2D eigenvalue weighted by Crippen LogP contribution is -2.41. The van der Waals surface area contributed by atoms with Gasteiger partial charge in [-0.1, -0.05) is 13.8 Å².